The topological polar surface area (TPSA) is 83.4 Å². The van der Waals surface area contributed by atoms with E-state index in [-0.39, 0.29) is 49.6 Å². The number of nitrogens with two attached hydrogens (primary N) is 1. The molecule has 10 heteroatoms. The van der Waals surface area contributed by atoms with Crippen LogP contribution in [0.2, 0.25) is 0 Å². The number of nitrogens with zero attached hydrogens (tertiary/aromatic N) is 2. The number of rotatable bonds is 3. The predicted octanol–water partition coefficient (Wildman–Crippen LogP) is 1.98. The minimum atomic E-state index is -4.65. The third-order valence-electron chi connectivity index (χ3n) is 3.79. The van der Waals surface area contributed by atoms with E-state index in [2.05, 4.69) is 14.9 Å². The average Bonchev–Trinajstić information content (AvgIpc) is 2.81. The Hall–Kier alpha value is -1.26. The van der Waals surface area contributed by atoms with Gasteiger partial charge in [-0.25, -0.2) is 4.39 Å². The molecule has 2 aliphatic rings. The first kappa shape index (κ1) is 15.6. The van der Waals surface area contributed by atoms with Crippen LogP contribution in [0.15, 0.2) is 4.42 Å². The molecule has 2 fully saturated rings. The van der Waals surface area contributed by atoms with Crippen molar-refractivity contribution in [2.45, 2.75) is 56.0 Å². The Morgan fingerprint density at radius 2 is 1.82 bits per heavy atom. The molecule has 1 aliphatic heterocycles. The Morgan fingerprint density at radius 3 is 2.45 bits per heavy atom. The quantitative estimate of drug-likeness (QED) is 0.856. The molecule has 0 spiro atoms. The summed E-state index contributed by atoms with van der Waals surface area (Å²) >= 11 is 0. The maximum Gasteiger partial charge on any atom is 0.522 e. The summed E-state index contributed by atoms with van der Waals surface area (Å²) in [7, 11) is 0. The molecule has 1 aromatic rings. The van der Waals surface area contributed by atoms with E-state index in [1.807, 2.05) is 0 Å². The second-order valence-corrected chi connectivity index (χ2v) is 5.60. The lowest BCUT2D eigenvalue weighted by atomic mass is 9.82. The zero-order valence-electron chi connectivity index (χ0n) is 11.4. The standard InChI is InChI=1S/C12H15F4N3O3/c13-8-3-6(17)4-20-9(8)11-19-18-10(21-11)5-1-7(2-5)22-12(14,15)16/h5-9H,1-4,17H2/t5?,6-,7?,8+,9+/m1/s1. The number of alkyl halides is 4. The van der Waals surface area contributed by atoms with Crippen molar-refractivity contribution in [2.24, 2.45) is 5.73 Å². The number of hydrogen-bond acceptors (Lipinski definition) is 6. The highest BCUT2D eigenvalue weighted by atomic mass is 19.4. The van der Waals surface area contributed by atoms with Crippen LogP contribution in [0.3, 0.4) is 0 Å². The molecule has 2 N–H and O–H groups in total. The normalized spacial score (nSPS) is 36.1. The smallest absolute Gasteiger partial charge is 0.422 e. The molecule has 1 saturated carbocycles. The van der Waals surface area contributed by atoms with Crippen LogP contribution in [0.25, 0.3) is 0 Å². The van der Waals surface area contributed by atoms with Gasteiger partial charge in [0.05, 0.1) is 12.7 Å². The molecule has 0 radical (unpaired) electrons. The molecule has 1 aliphatic carbocycles. The highest BCUT2D eigenvalue weighted by Crippen LogP contribution is 2.41. The summed E-state index contributed by atoms with van der Waals surface area (Å²) in [6.45, 7) is 0.188. The molecule has 124 valence electrons. The highest BCUT2D eigenvalue weighted by Gasteiger charge is 2.43. The largest absolute Gasteiger partial charge is 0.522 e. The van der Waals surface area contributed by atoms with Crippen molar-refractivity contribution in [2.75, 3.05) is 6.61 Å². The van der Waals surface area contributed by atoms with Crippen molar-refractivity contribution >= 4 is 0 Å². The van der Waals surface area contributed by atoms with Crippen LogP contribution in [0.4, 0.5) is 17.6 Å². The SMILES string of the molecule is N[C@H]1CO[C@H](c2nnc(C3CC(OC(F)(F)F)C3)o2)[C@@H](F)C1. The van der Waals surface area contributed by atoms with Gasteiger partial charge in [-0.2, -0.15) is 0 Å². The van der Waals surface area contributed by atoms with E-state index in [4.69, 9.17) is 14.9 Å². The number of hydrogen-bond donors (Lipinski definition) is 1. The summed E-state index contributed by atoms with van der Waals surface area (Å²) in [5.41, 5.74) is 5.58. The summed E-state index contributed by atoms with van der Waals surface area (Å²) in [5, 5.41) is 7.50. The maximum atomic E-state index is 13.9. The molecule has 3 atom stereocenters. The van der Waals surface area contributed by atoms with Crippen molar-refractivity contribution < 1.29 is 31.5 Å². The summed E-state index contributed by atoms with van der Waals surface area (Å²) in [6.07, 6.45) is -7.46. The molecule has 6 nitrogen and oxygen atoms in total. The molecule has 22 heavy (non-hydrogen) atoms. The van der Waals surface area contributed by atoms with E-state index in [9.17, 15) is 17.6 Å². The van der Waals surface area contributed by atoms with Gasteiger partial charge in [-0.3, -0.25) is 4.74 Å². The van der Waals surface area contributed by atoms with Crippen molar-refractivity contribution in [1.29, 1.82) is 0 Å². The molecule has 2 heterocycles. The summed E-state index contributed by atoms with van der Waals surface area (Å²) in [4.78, 5) is 0. The second-order valence-electron chi connectivity index (χ2n) is 5.60. The van der Waals surface area contributed by atoms with E-state index < -0.39 is 24.7 Å². The third-order valence-corrected chi connectivity index (χ3v) is 3.79. The minimum absolute atomic E-state index is 0.00501. The van der Waals surface area contributed by atoms with Crippen molar-refractivity contribution in [1.82, 2.24) is 10.2 Å². The Labute approximate surface area is 123 Å². The lowest BCUT2D eigenvalue weighted by molar-refractivity contribution is -0.352. The first-order chi connectivity index (χ1) is 10.3. The number of ether oxygens (including phenoxy) is 2. The lowest BCUT2D eigenvalue weighted by Gasteiger charge is -2.33. The van der Waals surface area contributed by atoms with Crippen LogP contribution in [0.5, 0.6) is 0 Å². The summed E-state index contributed by atoms with van der Waals surface area (Å²) in [5.74, 6) is -0.130. The van der Waals surface area contributed by atoms with Gasteiger partial charge in [0.1, 0.15) is 6.17 Å². The van der Waals surface area contributed by atoms with Crippen molar-refractivity contribution in [3.8, 4) is 0 Å². The molecule has 1 saturated heterocycles. The van der Waals surface area contributed by atoms with Gasteiger partial charge in [0.25, 0.3) is 0 Å². The van der Waals surface area contributed by atoms with Crippen molar-refractivity contribution in [3.05, 3.63) is 11.8 Å². The maximum absolute atomic E-state index is 13.9. The lowest BCUT2D eigenvalue weighted by Crippen LogP contribution is -2.39. The van der Waals surface area contributed by atoms with Gasteiger partial charge in [0.15, 0.2) is 6.10 Å². The van der Waals surface area contributed by atoms with E-state index in [0.29, 0.717) is 0 Å². The van der Waals surface area contributed by atoms with E-state index in [0.717, 1.165) is 0 Å². The van der Waals surface area contributed by atoms with Gasteiger partial charge in [-0.05, 0) is 19.3 Å². The molecule has 0 unspecified atom stereocenters. The van der Waals surface area contributed by atoms with E-state index in [1.165, 1.54) is 0 Å². The van der Waals surface area contributed by atoms with Gasteiger partial charge in [0, 0.05) is 12.0 Å². The first-order valence-electron chi connectivity index (χ1n) is 6.91. The highest BCUT2D eigenvalue weighted by molar-refractivity contribution is 5.03. The predicted molar refractivity (Wildman–Crippen MR) is 63.4 cm³/mol. The fourth-order valence-electron chi connectivity index (χ4n) is 2.62. The zero-order valence-corrected chi connectivity index (χ0v) is 11.4. The van der Waals surface area contributed by atoms with Gasteiger partial charge >= 0.3 is 6.36 Å². The molecular formula is C12H15F4N3O3. The van der Waals surface area contributed by atoms with Crippen molar-refractivity contribution in [3.63, 3.8) is 0 Å². The molecule has 0 amide bonds. The zero-order chi connectivity index (χ0) is 15.9. The molecule has 1 aromatic heterocycles. The molecule has 0 bridgehead atoms. The van der Waals surface area contributed by atoms with Gasteiger partial charge in [-0.15, -0.1) is 23.4 Å². The number of halogens is 4. The van der Waals surface area contributed by atoms with Gasteiger partial charge in [-0.1, -0.05) is 0 Å². The number of aromatic nitrogens is 2. The average molecular weight is 325 g/mol. The fourth-order valence-corrected chi connectivity index (χ4v) is 2.62. The fraction of sp³-hybridized carbons (Fsp3) is 0.833. The summed E-state index contributed by atoms with van der Waals surface area (Å²) in [6, 6.07) is -0.374. The third kappa shape index (κ3) is 3.39. The monoisotopic (exact) mass is 325 g/mol. The molecule has 3 rings (SSSR count). The molecule has 0 aromatic carbocycles. The Kier molecular flexibility index (Phi) is 4.08. The van der Waals surface area contributed by atoms with Crippen LogP contribution in [-0.4, -0.2) is 41.5 Å². The molecular weight excluding hydrogens is 310 g/mol. The Morgan fingerprint density at radius 1 is 1.14 bits per heavy atom. The minimum Gasteiger partial charge on any atom is -0.422 e. The van der Waals surface area contributed by atoms with Crippen LogP contribution >= 0.6 is 0 Å². The van der Waals surface area contributed by atoms with E-state index >= 15 is 0 Å². The van der Waals surface area contributed by atoms with Gasteiger partial charge in [0.2, 0.25) is 11.8 Å². The first-order valence-corrected chi connectivity index (χ1v) is 6.91. The second kappa shape index (κ2) is 5.74. The summed E-state index contributed by atoms with van der Waals surface area (Å²) < 4.78 is 64.5. The van der Waals surface area contributed by atoms with Crippen LogP contribution in [0.1, 0.15) is 43.1 Å². The Balaban J connectivity index is 1.57. The van der Waals surface area contributed by atoms with Crippen LogP contribution < -0.4 is 5.73 Å². The van der Waals surface area contributed by atoms with Crippen LogP contribution in [-0.2, 0) is 9.47 Å². The Bertz CT molecular complexity index is 518. The van der Waals surface area contributed by atoms with Gasteiger partial charge < -0.3 is 14.9 Å². The van der Waals surface area contributed by atoms with Crippen LogP contribution in [0, 0.1) is 0 Å². The van der Waals surface area contributed by atoms with E-state index in [1.54, 1.807) is 0 Å².